The number of unbranched alkanes of at least 4 members (excludes halogenated alkanes) is 17. The van der Waals surface area contributed by atoms with E-state index in [9.17, 15) is 9.59 Å². The molecule has 1 heterocycles. The second-order valence-electron chi connectivity index (χ2n) is 10.2. The van der Waals surface area contributed by atoms with Crippen LogP contribution in [0.1, 0.15) is 142 Å². The molecule has 0 aliphatic rings. The maximum Gasteiger partial charge on any atom is 0.417 e. The van der Waals surface area contributed by atoms with Crippen molar-refractivity contribution in [2.24, 2.45) is 0 Å². The molecule has 0 aliphatic heterocycles. The van der Waals surface area contributed by atoms with E-state index >= 15 is 0 Å². The second kappa shape index (κ2) is 22.3. The molecule has 0 spiro atoms. The lowest BCUT2D eigenvalue weighted by Gasteiger charge is -2.17. The van der Waals surface area contributed by atoms with Crippen molar-refractivity contribution in [1.82, 2.24) is 4.90 Å². The molecule has 206 valence electrons. The zero-order valence-corrected chi connectivity index (χ0v) is 23.8. The van der Waals surface area contributed by atoms with Crippen LogP contribution in [0.3, 0.4) is 0 Å². The van der Waals surface area contributed by atoms with Crippen LogP contribution in [-0.4, -0.2) is 23.5 Å². The van der Waals surface area contributed by atoms with Crippen LogP contribution in [-0.2, 0) is 22.6 Å². The van der Waals surface area contributed by atoms with Crippen LogP contribution in [0.15, 0.2) is 24.4 Å². The Bertz CT molecular complexity index is 692. The molecular formula is C31H55N2O3+. The summed E-state index contributed by atoms with van der Waals surface area (Å²) in [4.78, 5) is 25.6. The summed E-state index contributed by atoms with van der Waals surface area (Å²) in [5.41, 5.74) is 0.917. The highest BCUT2D eigenvalue weighted by Gasteiger charge is 2.23. The predicted octanol–water partition coefficient (Wildman–Crippen LogP) is 8.52. The molecule has 5 nitrogen and oxygen atoms in total. The van der Waals surface area contributed by atoms with Crippen LogP contribution in [0.2, 0.25) is 0 Å². The third kappa shape index (κ3) is 16.0. The number of hydrogen-bond donors (Lipinski definition) is 0. The van der Waals surface area contributed by atoms with E-state index in [1.54, 1.807) is 0 Å². The molecule has 0 fully saturated rings. The molecule has 5 heteroatoms. The van der Waals surface area contributed by atoms with E-state index in [1.165, 1.54) is 115 Å². The van der Waals surface area contributed by atoms with Gasteiger partial charge in [-0.25, -0.2) is 14.3 Å². The highest BCUT2D eigenvalue weighted by molar-refractivity contribution is 5.90. The molecule has 0 aromatic carbocycles. The van der Waals surface area contributed by atoms with Gasteiger partial charge in [0.1, 0.15) is 13.1 Å². The highest BCUT2D eigenvalue weighted by Crippen LogP contribution is 2.14. The summed E-state index contributed by atoms with van der Waals surface area (Å²) in [5.74, 6) is -0.288. The van der Waals surface area contributed by atoms with E-state index in [1.807, 2.05) is 35.9 Å². The Morgan fingerprint density at radius 2 is 1.19 bits per heavy atom. The summed E-state index contributed by atoms with van der Waals surface area (Å²) in [6.07, 6.45) is 25.4. The molecule has 0 saturated carbocycles. The van der Waals surface area contributed by atoms with Crippen molar-refractivity contribution >= 4 is 12.0 Å². The summed E-state index contributed by atoms with van der Waals surface area (Å²) in [7, 11) is 0. The third-order valence-electron chi connectivity index (χ3n) is 7.02. The summed E-state index contributed by atoms with van der Waals surface area (Å²) in [6.45, 7) is 7.14. The average molecular weight is 504 g/mol. The van der Waals surface area contributed by atoms with Gasteiger partial charge in [-0.2, -0.15) is 0 Å². The molecule has 0 saturated heterocycles. The summed E-state index contributed by atoms with van der Waals surface area (Å²) >= 11 is 0. The van der Waals surface area contributed by atoms with Gasteiger partial charge in [0.15, 0.2) is 6.20 Å². The number of aromatic nitrogens is 1. The molecule has 0 unspecified atom stereocenters. The maximum atomic E-state index is 12.4. The fraction of sp³-hybridized carbons (Fsp3) is 0.774. The van der Waals surface area contributed by atoms with E-state index in [0.717, 1.165) is 25.1 Å². The zero-order valence-electron chi connectivity index (χ0n) is 23.8. The van der Waals surface area contributed by atoms with E-state index in [2.05, 4.69) is 6.92 Å². The van der Waals surface area contributed by atoms with E-state index in [4.69, 9.17) is 4.74 Å². The minimum absolute atomic E-state index is 0.238. The van der Waals surface area contributed by atoms with Gasteiger partial charge in [0.05, 0.1) is 6.61 Å². The Morgan fingerprint density at radius 1 is 0.722 bits per heavy atom. The smallest absolute Gasteiger partial charge is 0.417 e. The van der Waals surface area contributed by atoms with Gasteiger partial charge < -0.3 is 4.74 Å². The van der Waals surface area contributed by atoms with Crippen molar-refractivity contribution in [1.29, 1.82) is 0 Å². The van der Waals surface area contributed by atoms with Crippen LogP contribution in [0, 0.1) is 0 Å². The lowest BCUT2D eigenvalue weighted by molar-refractivity contribution is -0.701. The molecule has 2 amide bonds. The molecule has 1 aromatic heterocycles. The molecule has 0 atom stereocenters. The lowest BCUT2D eigenvalue weighted by atomic mass is 10.0. The minimum Gasteiger partial charge on any atom is -0.449 e. The number of carbonyl (C=O) groups excluding carboxylic acids is 2. The number of hydrogen-bond acceptors (Lipinski definition) is 3. The van der Waals surface area contributed by atoms with Crippen molar-refractivity contribution in [2.45, 2.75) is 149 Å². The van der Waals surface area contributed by atoms with Gasteiger partial charge in [0, 0.05) is 19.1 Å². The Hall–Kier alpha value is -1.91. The molecule has 0 N–H and O–H groups in total. The Morgan fingerprint density at radius 3 is 1.64 bits per heavy atom. The number of aryl methyl sites for hydroxylation is 1. The molecule has 36 heavy (non-hydrogen) atoms. The van der Waals surface area contributed by atoms with Crippen molar-refractivity contribution in [3.8, 4) is 0 Å². The molecule has 0 radical (unpaired) electrons. The first-order valence-electron chi connectivity index (χ1n) is 15.0. The van der Waals surface area contributed by atoms with E-state index in [-0.39, 0.29) is 12.5 Å². The number of ether oxygens (including phenoxy) is 1. The van der Waals surface area contributed by atoms with Gasteiger partial charge in [-0.1, -0.05) is 122 Å². The van der Waals surface area contributed by atoms with E-state index in [0.29, 0.717) is 6.61 Å². The molecule has 1 rings (SSSR count). The highest BCUT2D eigenvalue weighted by atomic mass is 16.6. The third-order valence-corrected chi connectivity index (χ3v) is 7.02. The molecular weight excluding hydrogens is 448 g/mol. The van der Waals surface area contributed by atoms with E-state index < -0.39 is 6.09 Å². The summed E-state index contributed by atoms with van der Waals surface area (Å²) < 4.78 is 7.43. The quantitative estimate of drug-likeness (QED) is 0.118. The SMILES string of the molecule is CCCCCCCCCCCCCCCCCCCCOC(=O)N(Cc1cccc[n+]1CC)C(C)=O. The number of imide groups is 1. The Labute approximate surface area is 222 Å². The van der Waals surface area contributed by atoms with Gasteiger partial charge in [-0.05, 0) is 13.3 Å². The van der Waals surface area contributed by atoms with Gasteiger partial charge >= 0.3 is 6.09 Å². The topological polar surface area (TPSA) is 50.5 Å². The van der Waals surface area contributed by atoms with Crippen LogP contribution in [0.25, 0.3) is 0 Å². The number of rotatable bonds is 22. The fourth-order valence-corrected chi connectivity index (χ4v) is 4.67. The standard InChI is InChI=1S/C31H55N2O3/c1-4-6-7-8-9-10-11-12-13-14-15-16-17-18-19-20-21-24-27-36-31(35)33(29(3)34)28-30-25-22-23-26-32(30)5-2/h22-23,25-26H,4-21,24,27-28H2,1-3H3/q+1. The summed E-state index contributed by atoms with van der Waals surface area (Å²) in [5, 5.41) is 0. The Balaban J connectivity index is 1.96. The molecule has 0 bridgehead atoms. The zero-order chi connectivity index (χ0) is 26.3. The first-order valence-corrected chi connectivity index (χ1v) is 15.0. The molecule has 0 aliphatic carbocycles. The maximum absolute atomic E-state index is 12.4. The van der Waals surface area contributed by atoms with Gasteiger partial charge in [0.25, 0.3) is 0 Å². The Kier molecular flexibility index (Phi) is 19.9. The lowest BCUT2D eigenvalue weighted by Crippen LogP contribution is -2.43. The van der Waals surface area contributed by atoms with Crippen LogP contribution in [0.5, 0.6) is 0 Å². The average Bonchev–Trinajstić information content (AvgIpc) is 2.88. The number of amides is 2. The monoisotopic (exact) mass is 503 g/mol. The van der Waals surface area contributed by atoms with Crippen LogP contribution < -0.4 is 4.57 Å². The van der Waals surface area contributed by atoms with Crippen LogP contribution >= 0.6 is 0 Å². The van der Waals surface area contributed by atoms with Gasteiger partial charge in [-0.3, -0.25) is 4.79 Å². The summed E-state index contributed by atoms with van der Waals surface area (Å²) in [6, 6.07) is 5.80. The second-order valence-corrected chi connectivity index (χ2v) is 10.2. The first-order chi connectivity index (χ1) is 17.6. The van der Waals surface area contributed by atoms with Crippen molar-refractivity contribution in [3.05, 3.63) is 30.1 Å². The minimum atomic E-state index is -0.541. The van der Waals surface area contributed by atoms with Gasteiger partial charge in [0.2, 0.25) is 11.6 Å². The normalized spacial score (nSPS) is 11.0. The van der Waals surface area contributed by atoms with Crippen LogP contribution in [0.4, 0.5) is 4.79 Å². The van der Waals surface area contributed by atoms with Crippen molar-refractivity contribution in [2.75, 3.05) is 6.61 Å². The molecule has 1 aromatic rings. The number of carbonyl (C=O) groups is 2. The van der Waals surface area contributed by atoms with Gasteiger partial charge in [-0.15, -0.1) is 0 Å². The number of pyridine rings is 1. The predicted molar refractivity (Wildman–Crippen MR) is 149 cm³/mol. The fourth-order valence-electron chi connectivity index (χ4n) is 4.67. The largest absolute Gasteiger partial charge is 0.449 e. The van der Waals surface area contributed by atoms with Crippen molar-refractivity contribution in [3.63, 3.8) is 0 Å². The van der Waals surface area contributed by atoms with Crippen molar-refractivity contribution < 1.29 is 18.9 Å². The number of nitrogens with zero attached hydrogens (tertiary/aromatic N) is 2. The first kappa shape index (κ1) is 32.1.